The highest BCUT2D eigenvalue weighted by Gasteiger charge is 2.42. The molecular weight excluding hydrogens is 384 g/mol. The molecule has 0 unspecified atom stereocenters. The number of carbonyl (C=O) groups excluding carboxylic acids is 1. The van der Waals surface area contributed by atoms with E-state index in [-0.39, 0.29) is 11.9 Å². The second kappa shape index (κ2) is 7.61. The summed E-state index contributed by atoms with van der Waals surface area (Å²) in [7, 11) is 1.50. The number of rotatable bonds is 3. The van der Waals surface area contributed by atoms with Crippen LogP contribution in [0.5, 0.6) is 0 Å². The first-order valence-electron chi connectivity index (χ1n) is 10.3. The van der Waals surface area contributed by atoms with Crippen molar-refractivity contribution in [3.8, 4) is 0 Å². The summed E-state index contributed by atoms with van der Waals surface area (Å²) >= 11 is 1.67. The molecule has 29 heavy (non-hydrogen) atoms. The standard InChI is InChI=1S/C22H26N4O2S/c1-28-21(27)16-4-6-22(7-5-16)8-11-26(14-22)13-15-2-3-18-17(12-15)25-19-20(29-18)24-10-9-23-19/h2-3,9-10,12,16H,4-8,11,13-14H2,1H3,(H,23,25). The number of hydrogen-bond acceptors (Lipinski definition) is 7. The number of benzene rings is 1. The van der Waals surface area contributed by atoms with Crippen molar-refractivity contribution < 1.29 is 9.53 Å². The minimum atomic E-state index is -0.0274. The molecule has 0 amide bonds. The number of methoxy groups -OCH3 is 1. The van der Waals surface area contributed by atoms with Crippen LogP contribution in [0, 0.1) is 11.3 Å². The third kappa shape index (κ3) is 3.73. The Morgan fingerprint density at radius 1 is 1.28 bits per heavy atom. The summed E-state index contributed by atoms with van der Waals surface area (Å²) in [5.41, 5.74) is 2.83. The van der Waals surface area contributed by atoms with Gasteiger partial charge in [-0.3, -0.25) is 9.69 Å². The van der Waals surface area contributed by atoms with Gasteiger partial charge < -0.3 is 10.1 Å². The molecule has 1 spiro atoms. The fraction of sp³-hybridized carbons (Fsp3) is 0.500. The van der Waals surface area contributed by atoms with E-state index >= 15 is 0 Å². The predicted octanol–water partition coefficient (Wildman–Crippen LogP) is 4.24. The van der Waals surface area contributed by atoms with E-state index in [9.17, 15) is 4.79 Å². The first-order valence-corrected chi connectivity index (χ1v) is 11.1. The van der Waals surface area contributed by atoms with Crippen LogP contribution in [0.15, 0.2) is 40.5 Å². The maximum atomic E-state index is 11.8. The third-order valence-corrected chi connectivity index (χ3v) is 7.74. The summed E-state index contributed by atoms with van der Waals surface area (Å²) < 4.78 is 4.94. The van der Waals surface area contributed by atoms with Crippen LogP contribution in [-0.2, 0) is 16.1 Å². The Labute approximate surface area is 175 Å². The Kier molecular flexibility index (Phi) is 4.95. The molecule has 1 N–H and O–H groups in total. The van der Waals surface area contributed by atoms with Crippen molar-refractivity contribution in [3.63, 3.8) is 0 Å². The highest BCUT2D eigenvalue weighted by atomic mass is 32.2. The molecule has 152 valence electrons. The molecule has 6 nitrogen and oxygen atoms in total. The topological polar surface area (TPSA) is 67.3 Å². The monoisotopic (exact) mass is 410 g/mol. The van der Waals surface area contributed by atoms with Gasteiger partial charge in [0.05, 0.1) is 18.7 Å². The summed E-state index contributed by atoms with van der Waals surface area (Å²) in [6, 6.07) is 6.67. The lowest BCUT2D eigenvalue weighted by Crippen LogP contribution is -2.33. The lowest BCUT2D eigenvalue weighted by molar-refractivity contribution is -0.147. The molecule has 2 aromatic rings. The molecule has 3 aliphatic rings. The molecule has 1 aromatic carbocycles. The summed E-state index contributed by atoms with van der Waals surface area (Å²) in [5, 5.41) is 4.35. The highest BCUT2D eigenvalue weighted by Crippen LogP contribution is 2.46. The molecule has 0 radical (unpaired) electrons. The molecule has 7 heteroatoms. The molecule has 3 heterocycles. The van der Waals surface area contributed by atoms with Crippen molar-refractivity contribution in [2.75, 3.05) is 25.5 Å². The van der Waals surface area contributed by atoms with Gasteiger partial charge in [-0.25, -0.2) is 9.97 Å². The smallest absolute Gasteiger partial charge is 0.308 e. The van der Waals surface area contributed by atoms with Crippen LogP contribution in [0.2, 0.25) is 0 Å². The molecule has 1 aliphatic carbocycles. The van der Waals surface area contributed by atoms with E-state index in [1.54, 1.807) is 24.2 Å². The normalized spacial score (nSPS) is 25.9. The number of nitrogens with one attached hydrogen (secondary N) is 1. The molecule has 1 saturated heterocycles. The zero-order valence-corrected chi connectivity index (χ0v) is 17.5. The molecule has 1 saturated carbocycles. The second-order valence-corrected chi connectivity index (χ2v) is 9.56. The number of fused-ring (bicyclic) bond motifs is 2. The molecule has 2 fully saturated rings. The zero-order valence-electron chi connectivity index (χ0n) is 16.7. The van der Waals surface area contributed by atoms with Crippen molar-refractivity contribution in [2.24, 2.45) is 11.3 Å². The quantitative estimate of drug-likeness (QED) is 0.648. The van der Waals surface area contributed by atoms with Crippen molar-refractivity contribution in [3.05, 3.63) is 36.2 Å². The summed E-state index contributed by atoms with van der Waals surface area (Å²) in [6.07, 6.45) is 8.92. The number of esters is 1. The maximum Gasteiger partial charge on any atom is 0.308 e. The van der Waals surface area contributed by atoms with Gasteiger partial charge >= 0.3 is 5.97 Å². The van der Waals surface area contributed by atoms with E-state index in [0.717, 1.165) is 61.8 Å². The van der Waals surface area contributed by atoms with Crippen LogP contribution >= 0.6 is 11.8 Å². The van der Waals surface area contributed by atoms with Crippen molar-refractivity contribution in [1.82, 2.24) is 14.9 Å². The number of carbonyl (C=O) groups is 1. The Morgan fingerprint density at radius 2 is 2.10 bits per heavy atom. The number of aromatic nitrogens is 2. The predicted molar refractivity (Wildman–Crippen MR) is 112 cm³/mol. The van der Waals surface area contributed by atoms with Crippen LogP contribution in [-0.4, -0.2) is 41.0 Å². The van der Waals surface area contributed by atoms with E-state index in [4.69, 9.17) is 4.74 Å². The second-order valence-electron chi connectivity index (χ2n) is 8.53. The minimum absolute atomic E-state index is 0.0274. The fourth-order valence-electron chi connectivity index (χ4n) is 5.04. The number of likely N-dealkylation sites (tertiary alicyclic amines) is 1. The van der Waals surface area contributed by atoms with Crippen LogP contribution in [0.25, 0.3) is 0 Å². The third-order valence-electron chi connectivity index (χ3n) is 6.67. The average Bonchev–Trinajstić information content (AvgIpc) is 3.14. The summed E-state index contributed by atoms with van der Waals surface area (Å²) in [4.78, 5) is 24.4. The summed E-state index contributed by atoms with van der Waals surface area (Å²) in [6.45, 7) is 3.24. The zero-order chi connectivity index (χ0) is 19.8. The van der Waals surface area contributed by atoms with Gasteiger partial charge in [-0.1, -0.05) is 17.8 Å². The number of ether oxygens (including phenoxy) is 1. The van der Waals surface area contributed by atoms with E-state index in [1.165, 1.54) is 24.0 Å². The van der Waals surface area contributed by atoms with Gasteiger partial charge in [-0.2, -0.15) is 0 Å². The molecule has 1 aromatic heterocycles. The van der Waals surface area contributed by atoms with Crippen molar-refractivity contribution >= 4 is 29.2 Å². The van der Waals surface area contributed by atoms with E-state index < -0.39 is 0 Å². The minimum Gasteiger partial charge on any atom is -0.469 e. The Morgan fingerprint density at radius 3 is 2.93 bits per heavy atom. The molecule has 0 atom stereocenters. The SMILES string of the molecule is COC(=O)C1CCC2(CC1)CCN(Cc1ccc3c(c1)Nc1nccnc1S3)C2. The first kappa shape index (κ1) is 18.9. The average molecular weight is 411 g/mol. The largest absolute Gasteiger partial charge is 0.469 e. The van der Waals surface area contributed by atoms with Gasteiger partial charge in [0, 0.05) is 30.4 Å². The van der Waals surface area contributed by atoms with Gasteiger partial charge in [-0.05, 0) is 61.8 Å². The van der Waals surface area contributed by atoms with Gasteiger partial charge in [0.1, 0.15) is 5.03 Å². The first-order chi connectivity index (χ1) is 14.1. The van der Waals surface area contributed by atoms with Crippen LogP contribution in [0.1, 0.15) is 37.7 Å². The van der Waals surface area contributed by atoms with Crippen LogP contribution in [0.4, 0.5) is 11.5 Å². The van der Waals surface area contributed by atoms with Crippen molar-refractivity contribution in [1.29, 1.82) is 0 Å². The van der Waals surface area contributed by atoms with E-state index in [1.807, 2.05) is 0 Å². The Bertz CT molecular complexity index is 927. The molecular formula is C22H26N4O2S. The Balaban J connectivity index is 1.22. The van der Waals surface area contributed by atoms with Gasteiger partial charge in [0.2, 0.25) is 0 Å². The number of nitrogens with zero attached hydrogens (tertiary/aromatic N) is 3. The molecule has 2 aliphatic heterocycles. The van der Waals surface area contributed by atoms with Gasteiger partial charge in [0.15, 0.2) is 5.82 Å². The fourth-order valence-corrected chi connectivity index (χ4v) is 5.92. The van der Waals surface area contributed by atoms with Crippen molar-refractivity contribution in [2.45, 2.75) is 48.6 Å². The van der Waals surface area contributed by atoms with Gasteiger partial charge in [0.25, 0.3) is 0 Å². The van der Waals surface area contributed by atoms with Crippen LogP contribution < -0.4 is 5.32 Å². The lowest BCUT2D eigenvalue weighted by Gasteiger charge is -2.36. The molecule has 0 bridgehead atoms. The number of hydrogen-bond donors (Lipinski definition) is 1. The van der Waals surface area contributed by atoms with Gasteiger partial charge in [-0.15, -0.1) is 0 Å². The highest BCUT2D eigenvalue weighted by molar-refractivity contribution is 7.99. The lowest BCUT2D eigenvalue weighted by atomic mass is 9.70. The Hall–Kier alpha value is -2.12. The van der Waals surface area contributed by atoms with E-state index in [2.05, 4.69) is 38.4 Å². The maximum absolute atomic E-state index is 11.8. The van der Waals surface area contributed by atoms with E-state index in [0.29, 0.717) is 5.41 Å². The van der Waals surface area contributed by atoms with Crippen LogP contribution in [0.3, 0.4) is 0 Å². The summed E-state index contributed by atoms with van der Waals surface area (Å²) in [5.74, 6) is 0.917. The number of anilines is 2. The molecule has 5 rings (SSSR count).